The number of nitrogen functional groups attached to an aromatic ring is 1. The molecule has 0 atom stereocenters. The number of benzene rings is 1. The number of hydrogen-bond acceptors (Lipinski definition) is 4. The van der Waals surface area contributed by atoms with E-state index in [1.165, 1.54) is 17.5 Å². The molecule has 100 valence electrons. The van der Waals surface area contributed by atoms with E-state index >= 15 is 0 Å². The highest BCUT2D eigenvalue weighted by atomic mass is 16.5. The molecule has 0 unspecified atom stereocenters. The summed E-state index contributed by atoms with van der Waals surface area (Å²) in [6, 6.07) is 5.97. The SMILES string of the molecule is Cc1ccc(Oc2ncnc(N)c2C(C)C)cc1C. The van der Waals surface area contributed by atoms with Crippen LogP contribution < -0.4 is 10.5 Å². The fraction of sp³-hybridized carbons (Fsp3) is 0.333. The van der Waals surface area contributed by atoms with E-state index in [4.69, 9.17) is 10.5 Å². The first-order valence-electron chi connectivity index (χ1n) is 6.34. The zero-order valence-corrected chi connectivity index (χ0v) is 11.8. The van der Waals surface area contributed by atoms with Crippen LogP contribution in [0.2, 0.25) is 0 Å². The van der Waals surface area contributed by atoms with Gasteiger partial charge in [0.25, 0.3) is 0 Å². The Kier molecular flexibility index (Phi) is 3.69. The van der Waals surface area contributed by atoms with Gasteiger partial charge in [0.2, 0.25) is 5.88 Å². The van der Waals surface area contributed by atoms with Gasteiger partial charge in [-0.05, 0) is 43.0 Å². The van der Waals surface area contributed by atoms with Crippen molar-refractivity contribution in [2.45, 2.75) is 33.6 Å². The molecule has 0 amide bonds. The van der Waals surface area contributed by atoms with E-state index in [-0.39, 0.29) is 5.92 Å². The molecule has 0 aliphatic rings. The number of nitrogens with two attached hydrogens (primary N) is 1. The van der Waals surface area contributed by atoms with Crippen LogP contribution in [0.15, 0.2) is 24.5 Å². The molecule has 19 heavy (non-hydrogen) atoms. The molecule has 0 aliphatic carbocycles. The first kappa shape index (κ1) is 13.3. The third-order valence-corrected chi connectivity index (χ3v) is 3.15. The van der Waals surface area contributed by atoms with Gasteiger partial charge in [0.05, 0.1) is 5.56 Å². The smallest absolute Gasteiger partial charge is 0.227 e. The average Bonchev–Trinajstić information content (AvgIpc) is 2.33. The Labute approximate surface area is 113 Å². The molecule has 0 bridgehead atoms. The van der Waals surface area contributed by atoms with Gasteiger partial charge in [-0.3, -0.25) is 0 Å². The molecule has 0 spiro atoms. The number of anilines is 1. The maximum atomic E-state index is 5.90. The van der Waals surface area contributed by atoms with Crippen LogP contribution in [0.5, 0.6) is 11.6 Å². The van der Waals surface area contributed by atoms with Crippen LogP contribution in [0.1, 0.15) is 36.5 Å². The second-order valence-corrected chi connectivity index (χ2v) is 4.98. The summed E-state index contributed by atoms with van der Waals surface area (Å²) in [4.78, 5) is 8.22. The van der Waals surface area contributed by atoms with Gasteiger partial charge in [0.1, 0.15) is 17.9 Å². The third kappa shape index (κ3) is 2.84. The summed E-state index contributed by atoms with van der Waals surface area (Å²) in [6.07, 6.45) is 1.43. The van der Waals surface area contributed by atoms with Crippen molar-refractivity contribution in [1.29, 1.82) is 0 Å². The largest absolute Gasteiger partial charge is 0.439 e. The van der Waals surface area contributed by atoms with E-state index in [1.807, 2.05) is 32.0 Å². The first-order chi connectivity index (χ1) is 8.99. The van der Waals surface area contributed by atoms with E-state index in [1.54, 1.807) is 0 Å². The van der Waals surface area contributed by atoms with Crippen molar-refractivity contribution < 1.29 is 4.74 Å². The lowest BCUT2D eigenvalue weighted by Crippen LogP contribution is -2.04. The second kappa shape index (κ2) is 5.26. The van der Waals surface area contributed by atoms with Crippen molar-refractivity contribution in [1.82, 2.24) is 9.97 Å². The van der Waals surface area contributed by atoms with Crippen LogP contribution in [0.3, 0.4) is 0 Å². The third-order valence-electron chi connectivity index (χ3n) is 3.15. The number of nitrogens with zero attached hydrogens (tertiary/aromatic N) is 2. The zero-order chi connectivity index (χ0) is 14.0. The van der Waals surface area contributed by atoms with Crippen molar-refractivity contribution >= 4 is 5.82 Å². The zero-order valence-electron chi connectivity index (χ0n) is 11.8. The summed E-state index contributed by atoms with van der Waals surface area (Å²) in [5, 5.41) is 0. The van der Waals surface area contributed by atoms with Gasteiger partial charge in [-0.25, -0.2) is 9.97 Å². The minimum atomic E-state index is 0.211. The van der Waals surface area contributed by atoms with Crippen molar-refractivity contribution in [3.63, 3.8) is 0 Å². The van der Waals surface area contributed by atoms with E-state index in [0.717, 1.165) is 11.3 Å². The topological polar surface area (TPSA) is 61.0 Å². The van der Waals surface area contributed by atoms with E-state index in [0.29, 0.717) is 11.7 Å². The summed E-state index contributed by atoms with van der Waals surface area (Å²) < 4.78 is 5.86. The fourth-order valence-electron chi connectivity index (χ4n) is 1.91. The number of aryl methyl sites for hydroxylation is 2. The van der Waals surface area contributed by atoms with Crippen LogP contribution in [-0.4, -0.2) is 9.97 Å². The lowest BCUT2D eigenvalue weighted by Gasteiger charge is -2.14. The predicted molar refractivity (Wildman–Crippen MR) is 76.5 cm³/mol. The molecule has 4 heteroatoms. The van der Waals surface area contributed by atoms with Crippen LogP contribution >= 0.6 is 0 Å². The van der Waals surface area contributed by atoms with Crippen LogP contribution in [-0.2, 0) is 0 Å². The lowest BCUT2D eigenvalue weighted by atomic mass is 10.1. The lowest BCUT2D eigenvalue weighted by molar-refractivity contribution is 0.451. The Balaban J connectivity index is 2.38. The molecule has 1 aromatic heterocycles. The minimum absolute atomic E-state index is 0.211. The monoisotopic (exact) mass is 257 g/mol. The van der Waals surface area contributed by atoms with Crippen LogP contribution in [0.25, 0.3) is 0 Å². The molecule has 1 aromatic carbocycles. The van der Waals surface area contributed by atoms with Gasteiger partial charge in [0.15, 0.2) is 0 Å². The van der Waals surface area contributed by atoms with Crippen molar-refractivity contribution in [2.24, 2.45) is 0 Å². The Morgan fingerprint density at radius 2 is 1.84 bits per heavy atom. The summed E-state index contributed by atoms with van der Waals surface area (Å²) in [5.74, 6) is 1.99. The molecule has 1 heterocycles. The fourth-order valence-corrected chi connectivity index (χ4v) is 1.91. The molecule has 4 nitrogen and oxygen atoms in total. The number of hydrogen-bond donors (Lipinski definition) is 1. The summed E-state index contributed by atoms with van der Waals surface area (Å²) >= 11 is 0. The van der Waals surface area contributed by atoms with Gasteiger partial charge in [-0.1, -0.05) is 19.9 Å². The highest BCUT2D eigenvalue weighted by Crippen LogP contribution is 2.31. The molecule has 2 N–H and O–H groups in total. The molecular formula is C15H19N3O. The predicted octanol–water partition coefficient (Wildman–Crippen LogP) is 3.59. The summed E-state index contributed by atoms with van der Waals surface area (Å²) in [7, 11) is 0. The standard InChI is InChI=1S/C15H19N3O/c1-9(2)13-14(16)17-8-18-15(13)19-12-6-5-10(3)11(4)7-12/h5-9H,1-4H3,(H2,16,17,18). The quantitative estimate of drug-likeness (QED) is 0.912. The first-order valence-corrected chi connectivity index (χ1v) is 6.34. The number of rotatable bonds is 3. The second-order valence-electron chi connectivity index (χ2n) is 4.98. The molecule has 2 rings (SSSR count). The Bertz CT molecular complexity index is 594. The molecule has 0 saturated carbocycles. The Hall–Kier alpha value is -2.10. The van der Waals surface area contributed by atoms with Gasteiger partial charge < -0.3 is 10.5 Å². The summed E-state index contributed by atoms with van der Waals surface area (Å²) in [6.45, 7) is 8.21. The van der Waals surface area contributed by atoms with Gasteiger partial charge >= 0.3 is 0 Å². The maximum absolute atomic E-state index is 5.90. The Morgan fingerprint density at radius 1 is 1.11 bits per heavy atom. The normalized spacial score (nSPS) is 10.8. The van der Waals surface area contributed by atoms with E-state index < -0.39 is 0 Å². The molecule has 0 aliphatic heterocycles. The summed E-state index contributed by atoms with van der Waals surface area (Å²) in [5.41, 5.74) is 9.17. The number of ether oxygens (including phenoxy) is 1. The van der Waals surface area contributed by atoms with Gasteiger partial charge in [0, 0.05) is 0 Å². The van der Waals surface area contributed by atoms with E-state index in [9.17, 15) is 0 Å². The highest BCUT2D eigenvalue weighted by Gasteiger charge is 2.15. The molecule has 0 radical (unpaired) electrons. The molecule has 0 fully saturated rings. The van der Waals surface area contributed by atoms with Crippen LogP contribution in [0.4, 0.5) is 5.82 Å². The molecule has 2 aromatic rings. The molecule has 0 saturated heterocycles. The van der Waals surface area contributed by atoms with Crippen molar-refractivity contribution in [3.8, 4) is 11.6 Å². The Morgan fingerprint density at radius 3 is 2.47 bits per heavy atom. The van der Waals surface area contributed by atoms with Crippen molar-refractivity contribution in [2.75, 3.05) is 5.73 Å². The van der Waals surface area contributed by atoms with Gasteiger partial charge in [-0.2, -0.15) is 0 Å². The number of aromatic nitrogens is 2. The minimum Gasteiger partial charge on any atom is -0.439 e. The van der Waals surface area contributed by atoms with Crippen LogP contribution in [0, 0.1) is 13.8 Å². The van der Waals surface area contributed by atoms with E-state index in [2.05, 4.69) is 23.8 Å². The van der Waals surface area contributed by atoms with Gasteiger partial charge in [-0.15, -0.1) is 0 Å². The van der Waals surface area contributed by atoms with Crippen molar-refractivity contribution in [3.05, 3.63) is 41.2 Å². The molecular weight excluding hydrogens is 238 g/mol. The highest BCUT2D eigenvalue weighted by molar-refractivity contribution is 5.48. The average molecular weight is 257 g/mol. The maximum Gasteiger partial charge on any atom is 0.227 e.